The predicted molar refractivity (Wildman–Crippen MR) is 138 cm³/mol. The van der Waals surface area contributed by atoms with Crippen molar-refractivity contribution in [3.8, 4) is 11.4 Å². The average molecular weight is 597 g/mol. The van der Waals surface area contributed by atoms with Gasteiger partial charge in [-0.1, -0.05) is 29.4 Å². The Hall–Kier alpha value is -4.14. The minimum Gasteiger partial charge on any atom is -0.465 e. The molecule has 0 radical (unpaired) electrons. The smallest absolute Gasteiger partial charge is 0.465 e. The van der Waals surface area contributed by atoms with E-state index < -0.39 is 53.1 Å². The number of carbonyl (C=O) groups is 3. The van der Waals surface area contributed by atoms with Crippen LogP contribution in [0.5, 0.6) is 0 Å². The number of hydrogen-bond donors (Lipinski definition) is 1. The Morgan fingerprint density at radius 2 is 1.85 bits per heavy atom. The van der Waals surface area contributed by atoms with Crippen molar-refractivity contribution in [1.29, 1.82) is 0 Å². The number of nitrogens with one attached hydrogen (secondary N) is 1. The van der Waals surface area contributed by atoms with Gasteiger partial charge in [-0.05, 0) is 38.5 Å². The van der Waals surface area contributed by atoms with Crippen molar-refractivity contribution in [3.05, 3.63) is 59.2 Å². The van der Waals surface area contributed by atoms with Gasteiger partial charge in [-0.15, -0.1) is 11.8 Å². The monoisotopic (exact) mass is 596 g/mol. The fourth-order valence-electron chi connectivity index (χ4n) is 3.80. The Labute approximate surface area is 235 Å². The van der Waals surface area contributed by atoms with Crippen molar-refractivity contribution in [3.63, 3.8) is 0 Å². The van der Waals surface area contributed by atoms with E-state index in [-0.39, 0.29) is 29.4 Å². The second-order valence-electron chi connectivity index (χ2n) is 9.84. The molecule has 3 aromatic rings. The number of alkyl carbamates (subject to hydrolysis) is 1. The van der Waals surface area contributed by atoms with Crippen LogP contribution in [0.15, 0.2) is 45.8 Å². The SMILES string of the molecule is COC(=O)c1cc2c(cc1F)SC[C@H](NC(=O)OC(C)(C)C)C(=O)N2Cc1ccc(-c2noc(C(F)(F)F)n2)cc1. The number of carbonyl (C=O) groups excluding carboxylic acids is 3. The van der Waals surface area contributed by atoms with Crippen molar-refractivity contribution < 1.29 is 45.9 Å². The van der Waals surface area contributed by atoms with Crippen LogP contribution < -0.4 is 10.2 Å². The quantitative estimate of drug-likeness (QED) is 0.312. The number of alkyl halides is 3. The summed E-state index contributed by atoms with van der Waals surface area (Å²) in [7, 11) is 1.09. The molecule has 1 N–H and O–H groups in total. The highest BCUT2D eigenvalue weighted by Gasteiger charge is 2.39. The lowest BCUT2D eigenvalue weighted by Gasteiger charge is -2.27. The Kier molecular flexibility index (Phi) is 8.29. The topological polar surface area (TPSA) is 124 Å². The Bertz CT molecular complexity index is 1470. The van der Waals surface area contributed by atoms with Gasteiger partial charge in [0.25, 0.3) is 5.91 Å². The minimum absolute atomic E-state index is 0.0386. The van der Waals surface area contributed by atoms with E-state index >= 15 is 0 Å². The van der Waals surface area contributed by atoms with E-state index in [4.69, 9.17) is 4.74 Å². The number of hydrogen-bond acceptors (Lipinski definition) is 9. The van der Waals surface area contributed by atoms with Gasteiger partial charge in [-0.25, -0.2) is 14.0 Å². The Balaban J connectivity index is 1.67. The van der Waals surface area contributed by atoms with Crippen LogP contribution in [0.25, 0.3) is 11.4 Å². The first kappa shape index (κ1) is 29.8. The van der Waals surface area contributed by atoms with E-state index in [0.29, 0.717) is 10.5 Å². The van der Waals surface area contributed by atoms with E-state index in [0.717, 1.165) is 24.9 Å². The molecule has 2 heterocycles. The van der Waals surface area contributed by atoms with Crippen molar-refractivity contribution in [2.24, 2.45) is 0 Å². The number of anilines is 1. The van der Waals surface area contributed by atoms with Crippen LogP contribution in [0.3, 0.4) is 0 Å². The lowest BCUT2D eigenvalue weighted by Crippen LogP contribution is -2.50. The van der Waals surface area contributed by atoms with Crippen LogP contribution in [0.2, 0.25) is 0 Å². The maximum atomic E-state index is 14.8. The highest BCUT2D eigenvalue weighted by atomic mass is 32.2. The van der Waals surface area contributed by atoms with Crippen LogP contribution in [-0.4, -0.2) is 52.6 Å². The van der Waals surface area contributed by atoms with Crippen molar-refractivity contribution in [1.82, 2.24) is 15.5 Å². The van der Waals surface area contributed by atoms with Crippen LogP contribution >= 0.6 is 11.8 Å². The van der Waals surface area contributed by atoms with Crippen molar-refractivity contribution >= 4 is 35.4 Å². The van der Waals surface area contributed by atoms with E-state index in [1.807, 2.05) is 0 Å². The molecule has 0 aliphatic carbocycles. The molecule has 0 spiro atoms. The summed E-state index contributed by atoms with van der Waals surface area (Å²) in [4.78, 5) is 43.4. The number of halogens is 4. The normalized spacial score (nSPS) is 15.7. The van der Waals surface area contributed by atoms with Crippen LogP contribution in [0, 0.1) is 5.82 Å². The average Bonchev–Trinajstić information content (AvgIpc) is 3.36. The predicted octanol–water partition coefficient (Wildman–Crippen LogP) is 5.21. The van der Waals surface area contributed by atoms with Gasteiger partial charge in [0.1, 0.15) is 17.5 Å². The number of fused-ring (bicyclic) bond motifs is 1. The number of ether oxygens (including phenoxy) is 2. The van der Waals surface area contributed by atoms with E-state index in [9.17, 15) is 31.9 Å². The van der Waals surface area contributed by atoms with Crippen LogP contribution in [0.4, 0.5) is 28.0 Å². The van der Waals surface area contributed by atoms with Gasteiger partial charge >= 0.3 is 24.1 Å². The molecule has 1 atom stereocenters. The second-order valence-corrected chi connectivity index (χ2v) is 10.9. The third-order valence-corrected chi connectivity index (χ3v) is 6.76. The number of amides is 2. The van der Waals surface area contributed by atoms with E-state index in [2.05, 4.69) is 24.7 Å². The summed E-state index contributed by atoms with van der Waals surface area (Å²) >= 11 is 1.10. The van der Waals surface area contributed by atoms with E-state index in [1.54, 1.807) is 20.8 Å². The summed E-state index contributed by atoms with van der Waals surface area (Å²) in [5.74, 6) is -4.10. The fourth-order valence-corrected chi connectivity index (χ4v) is 4.88. The molecule has 15 heteroatoms. The summed E-state index contributed by atoms with van der Waals surface area (Å²) in [5.41, 5.74) is -0.276. The number of aromatic nitrogens is 2. The van der Waals surface area contributed by atoms with Gasteiger partial charge in [0.05, 0.1) is 24.9 Å². The molecule has 0 unspecified atom stereocenters. The molecule has 4 rings (SSSR count). The first-order chi connectivity index (χ1) is 19.2. The number of thioether (sulfide) groups is 1. The van der Waals surface area contributed by atoms with Gasteiger partial charge in [0, 0.05) is 16.2 Å². The molecule has 0 bridgehead atoms. The summed E-state index contributed by atoms with van der Waals surface area (Å²) < 4.78 is 67.5. The zero-order valence-corrected chi connectivity index (χ0v) is 23.0. The van der Waals surface area contributed by atoms with Crippen molar-refractivity contribution in [2.75, 3.05) is 17.8 Å². The standard InChI is InChI=1S/C26H24F4N4O6S/c1-25(2,3)39-24(37)31-17-12-41-19-10-16(27)15(22(36)38-4)9-18(19)34(21(17)35)11-13-5-7-14(8-6-13)20-32-23(40-33-20)26(28,29)30/h5-10,17H,11-12H2,1-4H3,(H,31,37)/t17-/m0/s1. The molecule has 2 aromatic carbocycles. The number of methoxy groups -OCH3 is 1. The fraction of sp³-hybridized carbons (Fsp3) is 0.346. The number of rotatable bonds is 5. The molecule has 1 aromatic heterocycles. The summed E-state index contributed by atoms with van der Waals surface area (Å²) in [6.45, 7) is 4.89. The Morgan fingerprint density at radius 3 is 2.44 bits per heavy atom. The summed E-state index contributed by atoms with van der Waals surface area (Å²) in [6, 6.07) is 7.18. The zero-order chi connectivity index (χ0) is 30.1. The Morgan fingerprint density at radius 1 is 1.17 bits per heavy atom. The lowest BCUT2D eigenvalue weighted by atomic mass is 10.1. The molecular formula is C26H24F4N4O6S. The van der Waals surface area contributed by atoms with Gasteiger partial charge in [-0.2, -0.15) is 18.2 Å². The minimum atomic E-state index is -4.80. The van der Waals surface area contributed by atoms with Crippen LogP contribution in [0.1, 0.15) is 42.6 Å². The molecule has 1 aliphatic heterocycles. The van der Waals surface area contributed by atoms with Gasteiger partial charge in [0.2, 0.25) is 5.82 Å². The van der Waals surface area contributed by atoms with Gasteiger partial charge in [-0.3, -0.25) is 4.79 Å². The third kappa shape index (κ3) is 6.96. The molecule has 0 fully saturated rings. The first-order valence-corrected chi connectivity index (χ1v) is 13.0. The summed E-state index contributed by atoms with van der Waals surface area (Å²) in [6.07, 6.45) is -5.62. The van der Waals surface area contributed by atoms with E-state index in [1.165, 1.54) is 35.2 Å². The van der Waals surface area contributed by atoms with Crippen molar-refractivity contribution in [2.45, 2.75) is 50.0 Å². The lowest BCUT2D eigenvalue weighted by molar-refractivity contribution is -0.159. The zero-order valence-electron chi connectivity index (χ0n) is 22.2. The van der Waals surface area contributed by atoms with Gasteiger partial charge < -0.3 is 24.2 Å². The molecular weight excluding hydrogens is 572 g/mol. The molecule has 0 saturated heterocycles. The number of esters is 1. The molecule has 0 saturated carbocycles. The number of benzene rings is 2. The highest BCUT2D eigenvalue weighted by Crippen LogP contribution is 2.38. The molecule has 1 aliphatic rings. The second kappa shape index (κ2) is 11.4. The van der Waals surface area contributed by atoms with Crippen LogP contribution in [-0.2, 0) is 27.0 Å². The molecule has 218 valence electrons. The molecule has 41 heavy (non-hydrogen) atoms. The van der Waals surface area contributed by atoms with Gasteiger partial charge in [0.15, 0.2) is 0 Å². The third-order valence-electron chi connectivity index (χ3n) is 5.63. The maximum absolute atomic E-state index is 14.8. The number of nitrogens with zero attached hydrogens (tertiary/aromatic N) is 3. The molecule has 2 amide bonds. The first-order valence-electron chi connectivity index (χ1n) is 12.0. The summed E-state index contributed by atoms with van der Waals surface area (Å²) in [5, 5.41) is 5.90. The largest absolute Gasteiger partial charge is 0.471 e. The molecule has 10 nitrogen and oxygen atoms in total. The highest BCUT2D eigenvalue weighted by molar-refractivity contribution is 7.99. The maximum Gasteiger partial charge on any atom is 0.471 e.